The molecular formula is C31H45ClN2O5S. The summed E-state index contributed by atoms with van der Waals surface area (Å²) in [5.41, 5.74) is -1.60. The predicted octanol–water partition coefficient (Wildman–Crippen LogP) is 7.47. The molecule has 0 amide bonds. The predicted molar refractivity (Wildman–Crippen MR) is 167 cm³/mol. The smallest absolute Gasteiger partial charge is 0.229 e. The summed E-state index contributed by atoms with van der Waals surface area (Å²) in [5.74, 6) is -1.18. The number of unbranched alkanes of at least 4 members (excludes halogenated alkanes) is 3. The van der Waals surface area contributed by atoms with Crippen LogP contribution in [0.4, 0.5) is 5.69 Å². The molecule has 7 nitrogen and oxygen atoms in total. The fourth-order valence-electron chi connectivity index (χ4n) is 4.12. The van der Waals surface area contributed by atoms with Crippen molar-refractivity contribution in [2.75, 3.05) is 37.2 Å². The van der Waals surface area contributed by atoms with Gasteiger partial charge in [-0.2, -0.15) is 0 Å². The maximum Gasteiger partial charge on any atom is 0.229 e. The lowest BCUT2D eigenvalue weighted by Crippen LogP contribution is -2.28. The van der Waals surface area contributed by atoms with Gasteiger partial charge in [0.1, 0.15) is 17.1 Å². The Balaban J connectivity index is 0.00000768. The summed E-state index contributed by atoms with van der Waals surface area (Å²) in [4.78, 5) is 16.5. The van der Waals surface area contributed by atoms with Crippen LogP contribution < -0.4 is 9.46 Å². The molecule has 0 fully saturated rings. The first-order valence-corrected chi connectivity index (χ1v) is 15.6. The van der Waals surface area contributed by atoms with Crippen molar-refractivity contribution in [3.8, 4) is 5.75 Å². The Kier molecular flexibility index (Phi) is 10.0. The van der Waals surface area contributed by atoms with Gasteiger partial charge in [0.25, 0.3) is 0 Å². The zero-order chi connectivity index (χ0) is 34.3. The van der Waals surface area contributed by atoms with Crippen molar-refractivity contribution < 1.29 is 32.0 Å². The number of aryl methyl sites for hydroxylation is 1. The number of rotatable bonds is 18. The summed E-state index contributed by atoms with van der Waals surface area (Å²) in [6.07, 6.45) is 7.18. The lowest BCUT2D eigenvalue weighted by atomic mass is 9.98. The van der Waals surface area contributed by atoms with Crippen LogP contribution in [0.15, 0.2) is 46.7 Å². The number of nitrogens with zero attached hydrogens (tertiary/aromatic N) is 1. The number of furan rings is 1. The molecule has 2 aromatic carbocycles. The third-order valence-corrected chi connectivity index (χ3v) is 6.73. The van der Waals surface area contributed by atoms with Gasteiger partial charge < -0.3 is 14.1 Å². The number of fused-ring (bicyclic) bond motifs is 1. The second kappa shape index (κ2) is 16.7. The Morgan fingerprint density at radius 3 is 2.17 bits per heavy atom. The number of hydrogen-bond acceptors (Lipinski definition) is 6. The van der Waals surface area contributed by atoms with Gasteiger partial charge in [-0.3, -0.25) is 9.52 Å². The number of halogens is 1. The van der Waals surface area contributed by atoms with Gasteiger partial charge in [0.05, 0.1) is 28.0 Å². The molecule has 3 aromatic rings. The van der Waals surface area contributed by atoms with Crippen LogP contribution in [0.2, 0.25) is 0 Å². The first-order valence-electron chi connectivity index (χ1n) is 17.2. The summed E-state index contributed by atoms with van der Waals surface area (Å²) in [7, 11) is -3.97. The summed E-state index contributed by atoms with van der Waals surface area (Å²) in [6.45, 7) is 9.03. The molecule has 0 atom stereocenters. The Hall–Kier alpha value is -2.55. The van der Waals surface area contributed by atoms with Gasteiger partial charge in [-0.25, -0.2) is 8.42 Å². The maximum atomic E-state index is 14.2. The highest BCUT2D eigenvalue weighted by atomic mass is 35.5. The molecule has 0 aliphatic heterocycles. The van der Waals surface area contributed by atoms with E-state index in [4.69, 9.17) is 18.7 Å². The number of ketones is 1. The standard InChI is InChI=1S/C31H44N2O5S.ClH/c1-5-8-12-29-30(27-23-25(32-39(4,35)36)15-18-28(27)38-29)31(34)24-13-16-26(17-14-24)37-22-11-21-33(19-9-6-2)20-10-7-3;/h13-18,23,32H,5-12,19-22H2,1-4H3;1H/i13D,14D,15D,16D,17D,18D,23D;. The van der Waals surface area contributed by atoms with Gasteiger partial charge in [0, 0.05) is 29.6 Å². The van der Waals surface area contributed by atoms with Gasteiger partial charge in [0.15, 0.2) is 5.78 Å². The molecule has 40 heavy (non-hydrogen) atoms. The average molecular weight is 600 g/mol. The van der Waals surface area contributed by atoms with E-state index < -0.39 is 69.4 Å². The maximum absolute atomic E-state index is 14.2. The fourth-order valence-corrected chi connectivity index (χ4v) is 4.60. The lowest BCUT2D eigenvalue weighted by molar-refractivity contribution is 0.103. The minimum absolute atomic E-state index is 0. The zero-order valence-corrected chi connectivity index (χ0v) is 25.4. The van der Waals surface area contributed by atoms with Crippen LogP contribution in [-0.4, -0.2) is 51.6 Å². The molecule has 1 heterocycles. The van der Waals surface area contributed by atoms with Crippen molar-refractivity contribution in [1.82, 2.24) is 4.90 Å². The van der Waals surface area contributed by atoms with E-state index in [1.807, 2.05) is 6.92 Å². The molecule has 1 N–H and O–H groups in total. The van der Waals surface area contributed by atoms with E-state index >= 15 is 0 Å². The number of ether oxygens (including phenoxy) is 1. The van der Waals surface area contributed by atoms with E-state index in [0.717, 1.165) is 51.6 Å². The molecule has 3 rings (SSSR count). The van der Waals surface area contributed by atoms with Crippen LogP contribution in [0, 0.1) is 0 Å². The highest BCUT2D eigenvalue weighted by Crippen LogP contribution is 2.32. The van der Waals surface area contributed by atoms with Crippen LogP contribution in [0.5, 0.6) is 5.75 Å². The summed E-state index contributed by atoms with van der Waals surface area (Å²) < 4.78 is 97.7. The summed E-state index contributed by atoms with van der Waals surface area (Å²) >= 11 is 0. The molecule has 0 saturated carbocycles. The van der Waals surface area contributed by atoms with Crippen molar-refractivity contribution in [3.63, 3.8) is 0 Å². The zero-order valence-electron chi connectivity index (χ0n) is 30.8. The van der Waals surface area contributed by atoms with Crippen LogP contribution in [0.1, 0.15) is 97.0 Å². The molecule has 222 valence electrons. The number of benzene rings is 2. The van der Waals surface area contributed by atoms with Crippen molar-refractivity contribution in [2.24, 2.45) is 0 Å². The minimum atomic E-state index is -3.97. The number of carbonyl (C=O) groups is 1. The van der Waals surface area contributed by atoms with Crippen LogP contribution in [0.3, 0.4) is 0 Å². The quantitative estimate of drug-likeness (QED) is 0.120. The second-order valence-corrected chi connectivity index (χ2v) is 11.4. The van der Waals surface area contributed by atoms with Crippen molar-refractivity contribution in [3.05, 3.63) is 59.2 Å². The number of carbonyl (C=O) groups excluding carboxylic acids is 1. The van der Waals surface area contributed by atoms with Crippen LogP contribution in [-0.2, 0) is 16.4 Å². The van der Waals surface area contributed by atoms with E-state index in [0.29, 0.717) is 19.3 Å². The van der Waals surface area contributed by atoms with Gasteiger partial charge in [-0.1, -0.05) is 40.0 Å². The molecule has 1 aromatic heterocycles. The van der Waals surface area contributed by atoms with Crippen molar-refractivity contribution in [2.45, 2.75) is 72.1 Å². The number of anilines is 1. The SMILES string of the molecule is Cl.[2H]c1c([2H])c(C(=O)c2c(CCCC)oc3c([2H])c([2H])c(NS(C)(=O)=O)c([2H])c23)c([2H])c([2H])c1OCCCN(CCCC)CCCC. The monoisotopic (exact) mass is 599 g/mol. The molecule has 0 spiro atoms. The molecule has 0 radical (unpaired) electrons. The van der Waals surface area contributed by atoms with E-state index in [2.05, 4.69) is 23.5 Å². The molecular weight excluding hydrogens is 548 g/mol. The molecule has 0 aliphatic rings. The molecule has 0 saturated heterocycles. The first kappa shape index (κ1) is 24.1. The summed E-state index contributed by atoms with van der Waals surface area (Å²) in [5, 5.41) is -0.240. The number of sulfonamides is 1. The third kappa shape index (κ3) is 10.1. The number of hydrogen-bond donors (Lipinski definition) is 1. The number of nitrogens with one attached hydrogen (secondary N) is 1. The Morgan fingerprint density at radius 2 is 1.57 bits per heavy atom. The van der Waals surface area contributed by atoms with Gasteiger partial charge in [0.2, 0.25) is 10.0 Å². The minimum Gasteiger partial charge on any atom is -0.494 e. The average Bonchev–Trinajstić information content (AvgIpc) is 3.39. The van der Waals surface area contributed by atoms with E-state index in [1.165, 1.54) is 0 Å². The molecule has 0 bridgehead atoms. The van der Waals surface area contributed by atoms with Crippen molar-refractivity contribution >= 4 is 44.9 Å². The molecule has 9 heteroatoms. The van der Waals surface area contributed by atoms with Crippen LogP contribution >= 0.6 is 12.4 Å². The van der Waals surface area contributed by atoms with E-state index in [9.17, 15) is 13.2 Å². The molecule has 0 unspecified atom stereocenters. The van der Waals surface area contributed by atoms with Crippen molar-refractivity contribution in [1.29, 1.82) is 0 Å². The van der Waals surface area contributed by atoms with Crippen LogP contribution in [0.25, 0.3) is 11.0 Å². The topological polar surface area (TPSA) is 88.8 Å². The Labute approximate surface area is 256 Å². The highest BCUT2D eigenvalue weighted by molar-refractivity contribution is 7.92. The van der Waals surface area contributed by atoms with Gasteiger partial charge in [-0.15, -0.1) is 12.4 Å². The third-order valence-electron chi connectivity index (χ3n) is 6.15. The Morgan fingerprint density at radius 1 is 0.950 bits per heavy atom. The fraction of sp³-hybridized carbons (Fsp3) is 0.516. The first-order chi connectivity index (χ1) is 21.7. The van der Waals surface area contributed by atoms with Gasteiger partial charge in [-0.05, 0) is 81.1 Å². The summed E-state index contributed by atoms with van der Waals surface area (Å²) in [6, 6.07) is -4.04. The lowest BCUT2D eigenvalue weighted by Gasteiger charge is -2.21. The van der Waals surface area contributed by atoms with Gasteiger partial charge >= 0.3 is 0 Å². The van der Waals surface area contributed by atoms with E-state index in [-0.39, 0.29) is 53.5 Å². The second-order valence-electron chi connectivity index (χ2n) is 9.62. The Bertz CT molecular complexity index is 1650. The molecule has 0 aliphatic carbocycles. The highest BCUT2D eigenvalue weighted by Gasteiger charge is 2.22. The normalized spacial score (nSPS) is 14.0. The largest absolute Gasteiger partial charge is 0.494 e. The van der Waals surface area contributed by atoms with E-state index in [1.54, 1.807) is 0 Å².